The fourth-order valence-corrected chi connectivity index (χ4v) is 5.64. The number of furan rings is 1. The van der Waals surface area contributed by atoms with Gasteiger partial charge < -0.3 is 13.9 Å². The number of sulfone groups is 1. The van der Waals surface area contributed by atoms with Gasteiger partial charge in [0.1, 0.15) is 11.0 Å². The summed E-state index contributed by atoms with van der Waals surface area (Å²) in [5, 5.41) is -1.25. The van der Waals surface area contributed by atoms with Crippen LogP contribution in [0.1, 0.15) is 11.0 Å². The first-order valence-corrected chi connectivity index (χ1v) is 11.9. The van der Waals surface area contributed by atoms with E-state index < -0.39 is 31.7 Å². The minimum Gasteiger partial charge on any atom is -0.493 e. The molecule has 2 aromatic carbocycles. The van der Waals surface area contributed by atoms with Crippen LogP contribution in [0.3, 0.4) is 0 Å². The highest BCUT2D eigenvalue weighted by Gasteiger charge is 2.33. The van der Waals surface area contributed by atoms with Crippen LogP contribution < -0.4 is 14.2 Å². The van der Waals surface area contributed by atoms with E-state index in [0.717, 1.165) is 0 Å². The first-order valence-electron chi connectivity index (χ1n) is 8.83. The molecule has 0 spiro atoms. The van der Waals surface area contributed by atoms with Crippen molar-refractivity contribution in [3.05, 3.63) is 72.7 Å². The number of hydrogen-bond acceptors (Lipinski definition) is 7. The predicted octanol–water partition coefficient (Wildman–Crippen LogP) is 2.79. The molecule has 1 heterocycles. The van der Waals surface area contributed by atoms with Crippen molar-refractivity contribution in [2.45, 2.75) is 15.0 Å². The van der Waals surface area contributed by atoms with E-state index in [1.54, 1.807) is 24.3 Å². The Morgan fingerprint density at radius 3 is 2.17 bits per heavy atom. The van der Waals surface area contributed by atoms with Crippen LogP contribution in [0.4, 0.5) is 0 Å². The highest BCUT2D eigenvalue weighted by molar-refractivity contribution is 7.92. The third-order valence-electron chi connectivity index (χ3n) is 4.43. The summed E-state index contributed by atoms with van der Waals surface area (Å²) < 4.78 is 69.8. The number of methoxy groups -OCH3 is 2. The van der Waals surface area contributed by atoms with Gasteiger partial charge in [0.15, 0.2) is 21.3 Å². The molecule has 0 amide bonds. The zero-order valence-electron chi connectivity index (χ0n) is 16.3. The minimum atomic E-state index is -4.04. The van der Waals surface area contributed by atoms with Crippen molar-refractivity contribution in [2.75, 3.05) is 20.8 Å². The first kappa shape index (κ1) is 21.9. The zero-order valence-corrected chi connectivity index (χ0v) is 17.9. The number of benzene rings is 2. The average Bonchev–Trinajstić information content (AvgIpc) is 3.28. The largest absolute Gasteiger partial charge is 0.493 e. The third kappa shape index (κ3) is 4.50. The Labute approximate surface area is 175 Å². The standard InChI is InChI=1S/C20H21NO7S2/c1-26-17-11-10-16(13-19(17)27-2)30(24,25)21-14-20(18-9-6-12-28-18)29(22,23)15-7-4-3-5-8-15/h3-13,20-21H,14H2,1-2H3/t20-/m0/s1. The van der Waals surface area contributed by atoms with E-state index >= 15 is 0 Å². The van der Waals surface area contributed by atoms with Crippen LogP contribution in [0.15, 0.2) is 81.1 Å². The van der Waals surface area contributed by atoms with E-state index in [0.29, 0.717) is 5.75 Å². The SMILES string of the molecule is COc1ccc(S(=O)(=O)NC[C@@H](c2ccco2)S(=O)(=O)c2ccccc2)cc1OC. The molecule has 160 valence electrons. The van der Waals surface area contributed by atoms with Crippen molar-refractivity contribution in [1.29, 1.82) is 0 Å². The molecule has 0 aliphatic heterocycles. The van der Waals surface area contributed by atoms with Crippen LogP contribution in [0, 0.1) is 0 Å². The summed E-state index contributed by atoms with van der Waals surface area (Å²) >= 11 is 0. The monoisotopic (exact) mass is 451 g/mol. The van der Waals surface area contributed by atoms with Gasteiger partial charge in [0.2, 0.25) is 10.0 Å². The van der Waals surface area contributed by atoms with Gasteiger partial charge in [-0.1, -0.05) is 18.2 Å². The molecule has 3 rings (SSSR count). The summed E-state index contributed by atoms with van der Waals surface area (Å²) in [5.41, 5.74) is 0. The van der Waals surface area contributed by atoms with Crippen LogP contribution in [0.5, 0.6) is 11.5 Å². The Hall–Kier alpha value is -2.82. The van der Waals surface area contributed by atoms with Gasteiger partial charge in [-0.3, -0.25) is 0 Å². The molecule has 1 atom stereocenters. The van der Waals surface area contributed by atoms with Gasteiger partial charge in [-0.2, -0.15) is 0 Å². The second-order valence-electron chi connectivity index (χ2n) is 6.23. The normalized spacial score (nSPS) is 13.0. The second kappa shape index (κ2) is 8.90. The van der Waals surface area contributed by atoms with Crippen molar-refractivity contribution in [1.82, 2.24) is 4.72 Å². The van der Waals surface area contributed by atoms with Gasteiger partial charge in [0, 0.05) is 12.6 Å². The van der Waals surface area contributed by atoms with Crippen LogP contribution >= 0.6 is 0 Å². The van der Waals surface area contributed by atoms with E-state index in [4.69, 9.17) is 13.9 Å². The number of hydrogen-bond donors (Lipinski definition) is 1. The van der Waals surface area contributed by atoms with E-state index in [1.165, 1.54) is 56.9 Å². The van der Waals surface area contributed by atoms with Crippen LogP contribution in [-0.2, 0) is 19.9 Å². The lowest BCUT2D eigenvalue weighted by molar-refractivity contribution is 0.354. The van der Waals surface area contributed by atoms with Crippen molar-refractivity contribution < 1.29 is 30.7 Å². The van der Waals surface area contributed by atoms with Gasteiger partial charge in [0.05, 0.1) is 30.3 Å². The number of rotatable bonds is 9. The molecule has 0 radical (unpaired) electrons. The maximum absolute atomic E-state index is 13.1. The van der Waals surface area contributed by atoms with Crippen LogP contribution in [-0.4, -0.2) is 37.6 Å². The molecule has 0 unspecified atom stereocenters. The third-order valence-corrected chi connectivity index (χ3v) is 7.93. The molecule has 8 nitrogen and oxygen atoms in total. The van der Waals surface area contributed by atoms with Gasteiger partial charge in [-0.05, 0) is 36.4 Å². The number of ether oxygens (including phenoxy) is 2. The molecule has 1 N–H and O–H groups in total. The molecule has 0 saturated heterocycles. The maximum Gasteiger partial charge on any atom is 0.240 e. The van der Waals surface area contributed by atoms with Crippen molar-refractivity contribution >= 4 is 19.9 Å². The van der Waals surface area contributed by atoms with Crippen molar-refractivity contribution in [3.63, 3.8) is 0 Å². The Kier molecular flexibility index (Phi) is 6.49. The molecule has 0 aliphatic rings. The van der Waals surface area contributed by atoms with Gasteiger partial charge in [-0.25, -0.2) is 21.6 Å². The molecule has 0 bridgehead atoms. The first-order chi connectivity index (χ1) is 14.3. The Morgan fingerprint density at radius 1 is 0.867 bits per heavy atom. The Bertz CT molecular complexity index is 1190. The average molecular weight is 452 g/mol. The quantitative estimate of drug-likeness (QED) is 0.532. The van der Waals surface area contributed by atoms with E-state index in [-0.39, 0.29) is 21.3 Å². The van der Waals surface area contributed by atoms with E-state index in [9.17, 15) is 16.8 Å². The summed E-state index contributed by atoms with van der Waals surface area (Å²) in [4.78, 5) is -0.0211. The fraction of sp³-hybridized carbons (Fsp3) is 0.200. The van der Waals surface area contributed by atoms with E-state index in [2.05, 4.69) is 4.72 Å². The molecule has 30 heavy (non-hydrogen) atoms. The molecular formula is C20H21NO7S2. The minimum absolute atomic E-state index is 0.0664. The van der Waals surface area contributed by atoms with Crippen molar-refractivity contribution in [3.8, 4) is 11.5 Å². The summed E-state index contributed by atoms with van der Waals surface area (Å²) in [6.07, 6.45) is 1.34. The molecule has 10 heteroatoms. The molecule has 0 aliphatic carbocycles. The van der Waals surface area contributed by atoms with Gasteiger partial charge in [0.25, 0.3) is 0 Å². The van der Waals surface area contributed by atoms with Gasteiger partial charge >= 0.3 is 0 Å². The van der Waals surface area contributed by atoms with Crippen LogP contribution in [0.2, 0.25) is 0 Å². The molecule has 0 saturated carbocycles. The summed E-state index contributed by atoms with van der Waals surface area (Å²) in [7, 11) is -5.13. The lowest BCUT2D eigenvalue weighted by atomic mass is 10.3. The molecule has 3 aromatic rings. The van der Waals surface area contributed by atoms with E-state index in [1.807, 2.05) is 0 Å². The molecular weight excluding hydrogens is 430 g/mol. The zero-order chi connectivity index (χ0) is 21.8. The number of nitrogens with one attached hydrogen (secondary N) is 1. The highest BCUT2D eigenvalue weighted by atomic mass is 32.2. The lowest BCUT2D eigenvalue weighted by Crippen LogP contribution is -2.32. The molecule has 0 fully saturated rings. The second-order valence-corrected chi connectivity index (χ2v) is 10.1. The fourth-order valence-electron chi connectivity index (χ4n) is 2.86. The van der Waals surface area contributed by atoms with Gasteiger partial charge in [-0.15, -0.1) is 0 Å². The maximum atomic E-state index is 13.1. The van der Waals surface area contributed by atoms with Crippen molar-refractivity contribution in [2.24, 2.45) is 0 Å². The topological polar surface area (TPSA) is 112 Å². The lowest BCUT2D eigenvalue weighted by Gasteiger charge is -2.17. The summed E-state index contributed by atoms with van der Waals surface area (Å²) in [5.74, 6) is 0.741. The summed E-state index contributed by atoms with van der Waals surface area (Å²) in [6.45, 7) is -0.415. The predicted molar refractivity (Wildman–Crippen MR) is 110 cm³/mol. The Morgan fingerprint density at radius 2 is 1.57 bits per heavy atom. The molecule has 1 aromatic heterocycles. The smallest absolute Gasteiger partial charge is 0.240 e. The highest BCUT2D eigenvalue weighted by Crippen LogP contribution is 2.31. The number of sulfonamides is 1. The summed E-state index contributed by atoms with van der Waals surface area (Å²) in [6, 6.07) is 14.9. The van der Waals surface area contributed by atoms with Crippen LogP contribution in [0.25, 0.3) is 0 Å². The Balaban J connectivity index is 1.91.